The monoisotopic (exact) mass is 220 g/mol. The fourth-order valence-electron chi connectivity index (χ4n) is 1.42. The number of anilines is 2. The predicted octanol–water partition coefficient (Wildman–Crippen LogP) is 1.63. The Morgan fingerprint density at radius 1 is 1.50 bits per heavy atom. The fourth-order valence-corrected chi connectivity index (χ4v) is 1.42. The first-order valence-electron chi connectivity index (χ1n) is 5.47. The summed E-state index contributed by atoms with van der Waals surface area (Å²) in [6, 6.07) is 7.10. The van der Waals surface area contributed by atoms with Gasteiger partial charge in [0.25, 0.3) is 0 Å². The van der Waals surface area contributed by atoms with Crippen LogP contribution in [0.3, 0.4) is 0 Å². The van der Waals surface area contributed by atoms with Crippen molar-refractivity contribution in [3.8, 4) is 0 Å². The second-order valence-electron chi connectivity index (χ2n) is 4.13. The summed E-state index contributed by atoms with van der Waals surface area (Å²) in [7, 11) is 0. The molecular weight excluding hydrogens is 204 g/mol. The summed E-state index contributed by atoms with van der Waals surface area (Å²) in [6.45, 7) is 0.815. The number of nitrogens with one attached hydrogen (secondary N) is 1. The van der Waals surface area contributed by atoms with Crippen molar-refractivity contribution in [3.63, 3.8) is 0 Å². The van der Waals surface area contributed by atoms with E-state index < -0.39 is 0 Å². The summed E-state index contributed by atoms with van der Waals surface area (Å²) in [5, 5.41) is 2.73. The third-order valence-electron chi connectivity index (χ3n) is 2.45. The van der Waals surface area contributed by atoms with Gasteiger partial charge in [0.1, 0.15) is 6.61 Å². The molecule has 1 fully saturated rings. The molecule has 1 aromatic carbocycles. The van der Waals surface area contributed by atoms with Crippen LogP contribution in [-0.4, -0.2) is 19.1 Å². The van der Waals surface area contributed by atoms with E-state index in [9.17, 15) is 4.79 Å². The van der Waals surface area contributed by atoms with Crippen molar-refractivity contribution in [2.75, 3.05) is 24.3 Å². The normalized spacial score (nSPS) is 14.8. The summed E-state index contributed by atoms with van der Waals surface area (Å²) in [5.74, 6) is 0.548. The first-order chi connectivity index (χ1) is 7.74. The van der Waals surface area contributed by atoms with Crippen molar-refractivity contribution in [2.24, 2.45) is 5.92 Å². The molecule has 4 heteroatoms. The smallest absolute Gasteiger partial charge is 0.250 e. The number of carbonyl (C=O) groups is 1. The molecule has 0 aliphatic heterocycles. The average molecular weight is 220 g/mol. The van der Waals surface area contributed by atoms with Crippen LogP contribution in [0.4, 0.5) is 11.4 Å². The Bertz CT molecular complexity index is 375. The zero-order valence-electron chi connectivity index (χ0n) is 9.11. The van der Waals surface area contributed by atoms with Crippen molar-refractivity contribution >= 4 is 17.3 Å². The van der Waals surface area contributed by atoms with Gasteiger partial charge in [0.05, 0.1) is 6.61 Å². The number of amides is 1. The van der Waals surface area contributed by atoms with E-state index in [2.05, 4.69) is 5.32 Å². The molecule has 86 valence electrons. The maximum atomic E-state index is 11.4. The van der Waals surface area contributed by atoms with E-state index in [1.807, 2.05) is 0 Å². The molecule has 0 bridgehead atoms. The van der Waals surface area contributed by atoms with Crippen LogP contribution in [0, 0.1) is 5.92 Å². The van der Waals surface area contributed by atoms with E-state index in [0.717, 1.165) is 0 Å². The summed E-state index contributed by atoms with van der Waals surface area (Å²) in [6.07, 6.45) is 2.47. The third kappa shape index (κ3) is 3.55. The molecule has 0 aromatic heterocycles. The zero-order valence-corrected chi connectivity index (χ0v) is 9.11. The molecule has 1 saturated carbocycles. The van der Waals surface area contributed by atoms with Gasteiger partial charge >= 0.3 is 0 Å². The van der Waals surface area contributed by atoms with E-state index in [4.69, 9.17) is 10.5 Å². The number of benzene rings is 1. The van der Waals surface area contributed by atoms with Crippen LogP contribution in [0.2, 0.25) is 0 Å². The van der Waals surface area contributed by atoms with Gasteiger partial charge in [-0.3, -0.25) is 4.79 Å². The Hall–Kier alpha value is -1.55. The number of ether oxygens (including phenoxy) is 1. The number of nitrogen functional groups attached to an aromatic ring is 1. The minimum absolute atomic E-state index is 0.116. The van der Waals surface area contributed by atoms with Crippen molar-refractivity contribution in [3.05, 3.63) is 24.3 Å². The molecule has 1 aliphatic carbocycles. The van der Waals surface area contributed by atoms with Gasteiger partial charge in [0, 0.05) is 11.4 Å². The van der Waals surface area contributed by atoms with Gasteiger partial charge in [0.15, 0.2) is 0 Å². The summed E-state index contributed by atoms with van der Waals surface area (Å²) >= 11 is 0. The molecular formula is C12H16N2O2. The molecule has 2 rings (SSSR count). The summed E-state index contributed by atoms with van der Waals surface area (Å²) < 4.78 is 5.28. The van der Waals surface area contributed by atoms with E-state index in [-0.39, 0.29) is 12.5 Å². The lowest BCUT2D eigenvalue weighted by Gasteiger charge is -2.06. The highest BCUT2D eigenvalue weighted by molar-refractivity contribution is 5.92. The minimum atomic E-state index is -0.133. The Morgan fingerprint density at radius 3 is 3.00 bits per heavy atom. The van der Waals surface area contributed by atoms with E-state index in [0.29, 0.717) is 23.9 Å². The predicted molar refractivity (Wildman–Crippen MR) is 63.0 cm³/mol. The van der Waals surface area contributed by atoms with Crippen LogP contribution in [0.1, 0.15) is 12.8 Å². The Morgan fingerprint density at radius 2 is 2.31 bits per heavy atom. The Balaban J connectivity index is 1.73. The maximum absolute atomic E-state index is 11.4. The van der Waals surface area contributed by atoms with Crippen molar-refractivity contribution in [2.45, 2.75) is 12.8 Å². The third-order valence-corrected chi connectivity index (χ3v) is 2.45. The van der Waals surface area contributed by atoms with E-state index in [1.54, 1.807) is 24.3 Å². The first kappa shape index (κ1) is 11.0. The molecule has 0 saturated heterocycles. The van der Waals surface area contributed by atoms with Gasteiger partial charge < -0.3 is 15.8 Å². The van der Waals surface area contributed by atoms with Gasteiger partial charge in [-0.25, -0.2) is 0 Å². The first-order valence-corrected chi connectivity index (χ1v) is 5.47. The lowest BCUT2D eigenvalue weighted by atomic mass is 10.3. The SMILES string of the molecule is Nc1cccc(NC(=O)COCC2CC2)c1. The second-order valence-corrected chi connectivity index (χ2v) is 4.13. The highest BCUT2D eigenvalue weighted by Crippen LogP contribution is 2.28. The molecule has 0 spiro atoms. The number of nitrogens with two attached hydrogens (primary N) is 1. The Kier molecular flexibility index (Phi) is 3.41. The van der Waals surface area contributed by atoms with Crippen molar-refractivity contribution < 1.29 is 9.53 Å². The highest BCUT2D eigenvalue weighted by atomic mass is 16.5. The second kappa shape index (κ2) is 4.99. The molecule has 1 amide bonds. The van der Waals surface area contributed by atoms with Crippen LogP contribution in [0.25, 0.3) is 0 Å². The molecule has 0 radical (unpaired) electrons. The molecule has 0 unspecified atom stereocenters. The van der Waals surface area contributed by atoms with Crippen molar-refractivity contribution in [1.29, 1.82) is 0 Å². The van der Waals surface area contributed by atoms with E-state index in [1.165, 1.54) is 12.8 Å². The number of hydrogen-bond donors (Lipinski definition) is 2. The Labute approximate surface area is 94.8 Å². The van der Waals surface area contributed by atoms with Gasteiger partial charge in [0.2, 0.25) is 5.91 Å². The van der Waals surface area contributed by atoms with Crippen LogP contribution in [0.15, 0.2) is 24.3 Å². The quantitative estimate of drug-likeness (QED) is 0.741. The van der Waals surface area contributed by atoms with Gasteiger partial charge in [-0.2, -0.15) is 0 Å². The van der Waals surface area contributed by atoms with E-state index >= 15 is 0 Å². The standard InChI is InChI=1S/C12H16N2O2/c13-10-2-1-3-11(6-10)14-12(15)8-16-7-9-4-5-9/h1-3,6,9H,4-5,7-8,13H2,(H,14,15). The number of carbonyl (C=O) groups excluding carboxylic acids is 1. The fraction of sp³-hybridized carbons (Fsp3) is 0.417. The molecule has 3 N–H and O–H groups in total. The van der Waals surface area contributed by atoms with Crippen LogP contribution < -0.4 is 11.1 Å². The van der Waals surface area contributed by atoms with Gasteiger partial charge in [-0.1, -0.05) is 6.07 Å². The van der Waals surface area contributed by atoms with Crippen LogP contribution in [-0.2, 0) is 9.53 Å². The molecule has 1 aliphatic rings. The summed E-state index contributed by atoms with van der Waals surface area (Å²) in [5.41, 5.74) is 6.94. The largest absolute Gasteiger partial charge is 0.399 e. The van der Waals surface area contributed by atoms with Gasteiger partial charge in [-0.05, 0) is 37.0 Å². The number of rotatable bonds is 5. The summed E-state index contributed by atoms with van der Waals surface area (Å²) in [4.78, 5) is 11.4. The van der Waals surface area contributed by atoms with Crippen LogP contribution >= 0.6 is 0 Å². The lowest BCUT2D eigenvalue weighted by Crippen LogP contribution is -2.19. The average Bonchev–Trinajstić information content (AvgIpc) is 3.01. The highest BCUT2D eigenvalue weighted by Gasteiger charge is 2.21. The zero-order chi connectivity index (χ0) is 11.4. The maximum Gasteiger partial charge on any atom is 0.250 e. The molecule has 1 aromatic rings. The molecule has 0 atom stereocenters. The lowest BCUT2D eigenvalue weighted by molar-refractivity contribution is -0.120. The molecule has 0 heterocycles. The van der Waals surface area contributed by atoms with Gasteiger partial charge in [-0.15, -0.1) is 0 Å². The minimum Gasteiger partial charge on any atom is -0.399 e. The topological polar surface area (TPSA) is 64.3 Å². The molecule has 4 nitrogen and oxygen atoms in total. The van der Waals surface area contributed by atoms with Crippen LogP contribution in [0.5, 0.6) is 0 Å². The number of hydrogen-bond acceptors (Lipinski definition) is 3. The van der Waals surface area contributed by atoms with Crippen molar-refractivity contribution in [1.82, 2.24) is 0 Å². The molecule has 16 heavy (non-hydrogen) atoms.